The number of carbonyl (C=O) groups is 3. The molecule has 1 unspecified atom stereocenters. The van der Waals surface area contributed by atoms with Gasteiger partial charge in [-0.2, -0.15) is 4.37 Å². The fourth-order valence-corrected chi connectivity index (χ4v) is 4.27. The number of aromatic nitrogens is 1. The van der Waals surface area contributed by atoms with Crippen LogP contribution >= 0.6 is 11.5 Å². The van der Waals surface area contributed by atoms with Gasteiger partial charge in [0.25, 0.3) is 17.7 Å². The third-order valence-electron chi connectivity index (χ3n) is 5.13. The Hall–Kier alpha value is -3.70. The zero-order chi connectivity index (χ0) is 25.0. The second kappa shape index (κ2) is 10.5. The molecule has 2 aromatic heterocycles. The highest BCUT2D eigenvalue weighted by molar-refractivity contribution is 7.09. The summed E-state index contributed by atoms with van der Waals surface area (Å²) in [7, 11) is 1.52. The molecule has 0 aliphatic carbocycles. The molecule has 1 atom stereocenters. The van der Waals surface area contributed by atoms with E-state index >= 15 is 0 Å². The standard InChI is InChI=1S/C23H27N5O5S/c1-12-5-7-15(13(2)11-12)28(23(31)20-17(24)18(21(25)29)27-34-20)19(16-8-6-14(3)33-16)22(30)26-9-10-32-4/h5-8,11,19H,9-10,24H2,1-4H3,(H2,25,29)(H,26,30). The Morgan fingerprint density at radius 3 is 2.50 bits per heavy atom. The Kier molecular flexibility index (Phi) is 7.69. The number of furan rings is 1. The summed E-state index contributed by atoms with van der Waals surface area (Å²) in [5, 5.41) is 2.78. The van der Waals surface area contributed by atoms with E-state index in [9.17, 15) is 14.4 Å². The van der Waals surface area contributed by atoms with Crippen LogP contribution in [0.25, 0.3) is 0 Å². The van der Waals surface area contributed by atoms with Gasteiger partial charge in [0, 0.05) is 19.3 Å². The lowest BCUT2D eigenvalue weighted by atomic mass is 10.0. The van der Waals surface area contributed by atoms with Gasteiger partial charge in [0.05, 0.1) is 12.3 Å². The Bertz CT molecular complexity index is 1220. The molecular weight excluding hydrogens is 458 g/mol. The first-order chi connectivity index (χ1) is 16.1. The van der Waals surface area contributed by atoms with Crippen molar-refractivity contribution >= 4 is 40.6 Å². The molecule has 3 amide bonds. The SMILES string of the molecule is COCCNC(=O)C(c1ccc(C)o1)N(C(=O)c1snc(C(N)=O)c1N)c1ccc(C)cc1C. The van der Waals surface area contributed by atoms with Gasteiger partial charge in [0.1, 0.15) is 16.4 Å². The largest absolute Gasteiger partial charge is 0.464 e. The average Bonchev–Trinajstić information content (AvgIpc) is 3.37. The molecule has 3 rings (SSSR count). The number of benzene rings is 1. The summed E-state index contributed by atoms with van der Waals surface area (Å²) in [4.78, 5) is 40.3. The lowest BCUT2D eigenvalue weighted by molar-refractivity contribution is -0.123. The van der Waals surface area contributed by atoms with E-state index in [1.54, 1.807) is 25.1 Å². The minimum atomic E-state index is -1.17. The Balaban J connectivity index is 2.19. The van der Waals surface area contributed by atoms with E-state index in [0.29, 0.717) is 11.4 Å². The molecule has 0 saturated carbocycles. The van der Waals surface area contributed by atoms with Gasteiger partial charge >= 0.3 is 0 Å². The summed E-state index contributed by atoms with van der Waals surface area (Å²) in [6, 6.07) is 7.67. The minimum absolute atomic E-state index is 0.00764. The quantitative estimate of drug-likeness (QED) is 0.393. The topological polar surface area (TPSA) is 154 Å². The number of hydrogen-bond donors (Lipinski definition) is 3. The Morgan fingerprint density at radius 2 is 1.94 bits per heavy atom. The van der Waals surface area contributed by atoms with E-state index in [2.05, 4.69) is 9.69 Å². The number of amides is 3. The second-order valence-electron chi connectivity index (χ2n) is 7.74. The molecule has 0 fully saturated rings. The number of carbonyl (C=O) groups excluding carboxylic acids is 3. The molecule has 0 saturated heterocycles. The summed E-state index contributed by atoms with van der Waals surface area (Å²) >= 11 is 0.746. The Labute approximate surface area is 201 Å². The van der Waals surface area contributed by atoms with Crippen LogP contribution in [-0.2, 0) is 9.53 Å². The van der Waals surface area contributed by atoms with E-state index in [-0.39, 0.29) is 35.2 Å². The molecule has 5 N–H and O–H groups in total. The van der Waals surface area contributed by atoms with Crippen molar-refractivity contribution in [2.45, 2.75) is 26.8 Å². The fraction of sp³-hybridized carbons (Fsp3) is 0.304. The number of nitrogens with two attached hydrogens (primary N) is 2. The minimum Gasteiger partial charge on any atom is -0.464 e. The van der Waals surface area contributed by atoms with E-state index in [4.69, 9.17) is 20.6 Å². The third-order valence-corrected chi connectivity index (χ3v) is 5.98. The van der Waals surface area contributed by atoms with Gasteiger partial charge in [-0.25, -0.2) is 0 Å². The van der Waals surface area contributed by atoms with Crippen molar-refractivity contribution in [3.05, 3.63) is 63.6 Å². The van der Waals surface area contributed by atoms with Gasteiger partial charge in [-0.1, -0.05) is 17.7 Å². The van der Waals surface area contributed by atoms with E-state index in [1.807, 2.05) is 26.0 Å². The van der Waals surface area contributed by atoms with Crippen molar-refractivity contribution in [2.24, 2.45) is 5.73 Å². The van der Waals surface area contributed by atoms with Crippen molar-refractivity contribution < 1.29 is 23.5 Å². The molecule has 2 heterocycles. The van der Waals surface area contributed by atoms with Gasteiger partial charge in [-0.3, -0.25) is 19.3 Å². The van der Waals surface area contributed by atoms with Gasteiger partial charge in [0.15, 0.2) is 11.7 Å². The molecule has 0 aliphatic rings. The van der Waals surface area contributed by atoms with Crippen molar-refractivity contribution in [1.29, 1.82) is 0 Å². The number of nitrogen functional groups attached to an aromatic ring is 1. The first-order valence-corrected chi connectivity index (χ1v) is 11.2. The normalized spacial score (nSPS) is 11.8. The maximum atomic E-state index is 13.9. The summed E-state index contributed by atoms with van der Waals surface area (Å²) in [6.07, 6.45) is 0. The van der Waals surface area contributed by atoms with Gasteiger partial charge in [0.2, 0.25) is 0 Å². The molecule has 34 heavy (non-hydrogen) atoms. The number of nitrogens with zero attached hydrogens (tertiary/aromatic N) is 2. The van der Waals surface area contributed by atoms with E-state index in [0.717, 1.165) is 22.7 Å². The van der Waals surface area contributed by atoms with Crippen LogP contribution < -0.4 is 21.7 Å². The number of rotatable bonds is 9. The monoisotopic (exact) mass is 485 g/mol. The molecular formula is C23H27N5O5S. The van der Waals surface area contributed by atoms with Crippen LogP contribution in [0.2, 0.25) is 0 Å². The van der Waals surface area contributed by atoms with Crippen LogP contribution in [0.4, 0.5) is 11.4 Å². The van der Waals surface area contributed by atoms with Crippen LogP contribution in [0.15, 0.2) is 34.7 Å². The first kappa shape index (κ1) is 24.9. The fourth-order valence-electron chi connectivity index (χ4n) is 3.53. The van der Waals surface area contributed by atoms with Crippen molar-refractivity contribution in [3.8, 4) is 0 Å². The molecule has 0 aliphatic heterocycles. The number of primary amides is 1. The van der Waals surface area contributed by atoms with Crippen LogP contribution in [0.3, 0.4) is 0 Å². The number of methoxy groups -OCH3 is 1. The number of anilines is 2. The maximum Gasteiger partial charge on any atom is 0.273 e. The summed E-state index contributed by atoms with van der Waals surface area (Å²) in [5.41, 5.74) is 13.3. The van der Waals surface area contributed by atoms with Crippen LogP contribution in [0, 0.1) is 20.8 Å². The number of ether oxygens (including phenoxy) is 1. The molecule has 180 valence electrons. The van der Waals surface area contributed by atoms with Crippen molar-refractivity contribution in [2.75, 3.05) is 30.9 Å². The number of nitrogens with one attached hydrogen (secondary N) is 1. The molecule has 10 nitrogen and oxygen atoms in total. The first-order valence-electron chi connectivity index (χ1n) is 10.4. The van der Waals surface area contributed by atoms with E-state index in [1.165, 1.54) is 12.0 Å². The third kappa shape index (κ3) is 5.10. The van der Waals surface area contributed by atoms with Gasteiger partial charge in [-0.05, 0) is 56.1 Å². The summed E-state index contributed by atoms with van der Waals surface area (Å²) in [5.74, 6) is -1.10. The molecule has 0 radical (unpaired) electrons. The second-order valence-corrected chi connectivity index (χ2v) is 8.51. The molecule has 11 heteroatoms. The predicted molar refractivity (Wildman–Crippen MR) is 129 cm³/mol. The Morgan fingerprint density at radius 1 is 1.21 bits per heavy atom. The van der Waals surface area contributed by atoms with Gasteiger partial charge in [-0.15, -0.1) is 0 Å². The maximum absolute atomic E-state index is 13.9. The lowest BCUT2D eigenvalue weighted by Gasteiger charge is -2.31. The zero-order valence-electron chi connectivity index (χ0n) is 19.4. The summed E-state index contributed by atoms with van der Waals surface area (Å²) in [6.45, 7) is 6.02. The van der Waals surface area contributed by atoms with Crippen LogP contribution in [0.5, 0.6) is 0 Å². The zero-order valence-corrected chi connectivity index (χ0v) is 20.2. The number of hydrogen-bond acceptors (Lipinski definition) is 8. The summed E-state index contributed by atoms with van der Waals surface area (Å²) < 4.78 is 14.8. The van der Waals surface area contributed by atoms with E-state index < -0.39 is 23.8 Å². The molecule has 0 spiro atoms. The number of aryl methyl sites for hydroxylation is 3. The molecule has 0 bridgehead atoms. The molecule has 1 aromatic carbocycles. The van der Waals surface area contributed by atoms with Crippen molar-refractivity contribution in [3.63, 3.8) is 0 Å². The average molecular weight is 486 g/mol. The lowest BCUT2D eigenvalue weighted by Crippen LogP contribution is -2.45. The van der Waals surface area contributed by atoms with Crippen LogP contribution in [-0.4, -0.2) is 42.4 Å². The predicted octanol–water partition coefficient (Wildman–Crippen LogP) is 2.49. The van der Waals surface area contributed by atoms with Crippen molar-refractivity contribution in [1.82, 2.24) is 9.69 Å². The molecule has 3 aromatic rings. The highest BCUT2D eigenvalue weighted by Crippen LogP contribution is 2.35. The smallest absolute Gasteiger partial charge is 0.273 e. The van der Waals surface area contributed by atoms with Gasteiger partial charge < -0.3 is 25.9 Å². The van der Waals surface area contributed by atoms with Crippen LogP contribution in [0.1, 0.15) is 48.8 Å². The highest BCUT2D eigenvalue weighted by Gasteiger charge is 2.38. The highest BCUT2D eigenvalue weighted by atomic mass is 32.1.